The summed E-state index contributed by atoms with van der Waals surface area (Å²) in [6.45, 7) is 2.73. The quantitative estimate of drug-likeness (QED) is 0.121. The lowest BCUT2D eigenvalue weighted by Crippen LogP contribution is -2.10. The first-order valence-electron chi connectivity index (χ1n) is 14.7. The van der Waals surface area contributed by atoms with Crippen LogP contribution in [0, 0.1) is 18.2 Å². The summed E-state index contributed by atoms with van der Waals surface area (Å²) in [7, 11) is 0. The van der Waals surface area contributed by atoms with Crippen LogP contribution in [0.1, 0.15) is 119 Å². The minimum absolute atomic E-state index is 0.182. The third-order valence-corrected chi connectivity index (χ3v) is 7.46. The van der Waals surface area contributed by atoms with Crippen molar-refractivity contribution in [1.82, 2.24) is 0 Å². The zero-order valence-corrected chi connectivity index (χ0v) is 22.8. The van der Waals surface area contributed by atoms with Gasteiger partial charge in [0.1, 0.15) is 5.75 Å². The van der Waals surface area contributed by atoms with E-state index in [2.05, 4.69) is 13.3 Å². The molecule has 0 bridgehead atoms. The molecule has 0 amide bonds. The summed E-state index contributed by atoms with van der Waals surface area (Å²) in [5, 5.41) is 0. The van der Waals surface area contributed by atoms with Gasteiger partial charge in [-0.2, -0.15) is 0 Å². The summed E-state index contributed by atoms with van der Waals surface area (Å²) in [5.74, 6) is 0.387. The molecule has 0 aliphatic heterocycles. The Balaban J connectivity index is 1.32. The maximum atomic E-state index is 14.5. The fourth-order valence-electron chi connectivity index (χ4n) is 5.06. The maximum Gasteiger partial charge on any atom is 0.343 e. The molecule has 3 nitrogen and oxygen atoms in total. The molecule has 0 atom stereocenters. The normalized spacial score (nSPS) is 14.0. The van der Waals surface area contributed by atoms with Crippen LogP contribution in [0.15, 0.2) is 42.5 Å². The van der Waals surface area contributed by atoms with Crippen LogP contribution >= 0.6 is 0 Å². The fourth-order valence-corrected chi connectivity index (χ4v) is 5.06. The van der Waals surface area contributed by atoms with Crippen LogP contribution in [0.3, 0.4) is 0 Å². The van der Waals surface area contributed by atoms with E-state index in [0.29, 0.717) is 12.4 Å². The van der Waals surface area contributed by atoms with Gasteiger partial charge in [-0.05, 0) is 80.3 Å². The third-order valence-electron chi connectivity index (χ3n) is 7.46. The van der Waals surface area contributed by atoms with Crippen LogP contribution in [0.4, 0.5) is 4.39 Å². The van der Waals surface area contributed by atoms with Crippen molar-refractivity contribution in [2.24, 2.45) is 5.92 Å². The lowest BCUT2D eigenvalue weighted by Gasteiger charge is -2.21. The van der Waals surface area contributed by atoms with Crippen LogP contribution < -0.4 is 9.47 Å². The van der Waals surface area contributed by atoms with Gasteiger partial charge >= 0.3 is 5.97 Å². The van der Waals surface area contributed by atoms with Crippen molar-refractivity contribution in [2.45, 2.75) is 110 Å². The highest BCUT2D eigenvalue weighted by Crippen LogP contribution is 2.27. The summed E-state index contributed by atoms with van der Waals surface area (Å²) < 4.78 is 25.6. The molecule has 1 radical (unpaired) electrons. The van der Waals surface area contributed by atoms with E-state index in [9.17, 15) is 9.18 Å². The molecule has 1 saturated carbocycles. The highest BCUT2D eigenvalue weighted by Gasteiger charge is 2.15. The van der Waals surface area contributed by atoms with Gasteiger partial charge in [0.15, 0.2) is 11.6 Å². The maximum absolute atomic E-state index is 14.5. The molecule has 4 heteroatoms. The van der Waals surface area contributed by atoms with Gasteiger partial charge in [0.05, 0.1) is 12.2 Å². The number of ether oxygens (including phenoxy) is 2. The molecule has 1 aliphatic carbocycles. The fraction of sp³-hybridized carbons (Fsp3) is 0.576. The predicted molar refractivity (Wildman–Crippen MR) is 150 cm³/mol. The highest BCUT2D eigenvalue weighted by atomic mass is 19.1. The number of aryl methyl sites for hydroxylation is 1. The second-order valence-electron chi connectivity index (χ2n) is 10.6. The Morgan fingerprint density at radius 3 is 2.16 bits per heavy atom. The SMILES string of the molecule is CCCCCCCCCCCCOc1ccc(C(=O)Oc2ccc(CCC3CC[CH]CC3)cc2)cc1F. The van der Waals surface area contributed by atoms with Gasteiger partial charge < -0.3 is 9.47 Å². The number of hydrogen-bond donors (Lipinski definition) is 0. The van der Waals surface area contributed by atoms with Crippen molar-refractivity contribution < 1.29 is 18.7 Å². The van der Waals surface area contributed by atoms with Gasteiger partial charge in [-0.3, -0.25) is 0 Å². The minimum atomic E-state index is -0.564. The summed E-state index contributed by atoms with van der Waals surface area (Å²) in [6, 6.07) is 12.0. The molecular formula is C33H46FO3. The number of unbranched alkanes of at least 4 members (excludes halogenated alkanes) is 9. The van der Waals surface area contributed by atoms with E-state index in [1.54, 1.807) is 6.07 Å². The van der Waals surface area contributed by atoms with Crippen molar-refractivity contribution in [3.63, 3.8) is 0 Å². The second kappa shape index (κ2) is 17.2. The Bertz CT molecular complexity index is 902. The molecule has 1 fully saturated rings. The smallest absolute Gasteiger partial charge is 0.343 e. The molecule has 1 aliphatic rings. The molecule has 0 aromatic heterocycles. The summed E-state index contributed by atoms with van der Waals surface area (Å²) >= 11 is 0. The molecule has 37 heavy (non-hydrogen) atoms. The first kappa shape index (κ1) is 29.2. The standard InChI is InChI=1S/C33H46FO3/c1-2-3-4-5-6-7-8-9-10-14-25-36-32-24-21-29(26-31(32)34)33(35)37-30-22-19-28(20-23-30)18-17-27-15-12-11-13-16-27/h11,19-24,26-27H,2-10,12-18,25H2,1H3. The number of carbonyl (C=O) groups is 1. The average Bonchev–Trinajstić information content (AvgIpc) is 2.92. The highest BCUT2D eigenvalue weighted by molar-refractivity contribution is 5.91. The monoisotopic (exact) mass is 509 g/mol. The number of halogens is 1. The van der Waals surface area contributed by atoms with E-state index < -0.39 is 11.8 Å². The molecule has 2 aromatic rings. The molecule has 0 saturated heterocycles. The number of esters is 1. The summed E-state index contributed by atoms with van der Waals surface area (Å²) in [6.07, 6.45) is 22.2. The van der Waals surface area contributed by atoms with Crippen molar-refractivity contribution in [2.75, 3.05) is 6.61 Å². The van der Waals surface area contributed by atoms with Crippen LogP contribution in [0.25, 0.3) is 0 Å². The van der Waals surface area contributed by atoms with Gasteiger partial charge in [0.2, 0.25) is 0 Å². The van der Waals surface area contributed by atoms with Crippen molar-refractivity contribution in [3.8, 4) is 11.5 Å². The lowest BCUT2D eigenvalue weighted by atomic mass is 9.85. The lowest BCUT2D eigenvalue weighted by molar-refractivity contribution is 0.0734. The number of carbonyl (C=O) groups excluding carboxylic acids is 1. The topological polar surface area (TPSA) is 35.5 Å². The van der Waals surface area contributed by atoms with E-state index in [4.69, 9.17) is 9.47 Å². The molecule has 203 valence electrons. The van der Waals surface area contributed by atoms with Gasteiger partial charge in [0, 0.05) is 0 Å². The molecule has 0 spiro atoms. The van der Waals surface area contributed by atoms with E-state index in [1.807, 2.05) is 24.3 Å². The molecule has 0 N–H and O–H groups in total. The zero-order chi connectivity index (χ0) is 26.1. The Kier molecular flexibility index (Phi) is 13.6. The van der Waals surface area contributed by atoms with Gasteiger partial charge in [-0.25, -0.2) is 9.18 Å². The Labute approximate surface area is 224 Å². The minimum Gasteiger partial charge on any atom is -0.491 e. The van der Waals surface area contributed by atoms with Crippen LogP contribution in [-0.2, 0) is 6.42 Å². The third kappa shape index (κ3) is 11.3. The van der Waals surface area contributed by atoms with Gasteiger partial charge in [-0.1, -0.05) is 89.7 Å². The van der Waals surface area contributed by atoms with E-state index >= 15 is 0 Å². The Morgan fingerprint density at radius 1 is 0.865 bits per heavy atom. The van der Waals surface area contributed by atoms with E-state index in [1.165, 1.54) is 101 Å². The van der Waals surface area contributed by atoms with Crippen LogP contribution in [0.5, 0.6) is 11.5 Å². The van der Waals surface area contributed by atoms with E-state index in [-0.39, 0.29) is 11.3 Å². The van der Waals surface area contributed by atoms with Crippen molar-refractivity contribution in [1.29, 1.82) is 0 Å². The molecule has 0 heterocycles. The molecule has 2 aromatic carbocycles. The van der Waals surface area contributed by atoms with Crippen molar-refractivity contribution in [3.05, 3.63) is 65.8 Å². The zero-order valence-electron chi connectivity index (χ0n) is 22.8. The summed E-state index contributed by atoms with van der Waals surface area (Å²) in [4.78, 5) is 12.5. The van der Waals surface area contributed by atoms with E-state index in [0.717, 1.165) is 25.2 Å². The molecular weight excluding hydrogens is 463 g/mol. The van der Waals surface area contributed by atoms with Crippen LogP contribution in [-0.4, -0.2) is 12.6 Å². The van der Waals surface area contributed by atoms with Gasteiger partial charge in [0.25, 0.3) is 0 Å². The largest absolute Gasteiger partial charge is 0.491 e. The number of benzene rings is 2. The first-order valence-corrected chi connectivity index (χ1v) is 14.7. The Hall–Kier alpha value is -2.36. The number of rotatable bonds is 17. The van der Waals surface area contributed by atoms with Crippen molar-refractivity contribution >= 4 is 5.97 Å². The summed E-state index contributed by atoms with van der Waals surface area (Å²) in [5.41, 5.74) is 1.44. The Morgan fingerprint density at radius 2 is 1.51 bits per heavy atom. The molecule has 3 rings (SSSR count). The predicted octanol–water partition coefficient (Wildman–Crippen LogP) is 9.67. The molecule has 0 unspecified atom stereocenters. The number of hydrogen-bond acceptors (Lipinski definition) is 3. The van der Waals surface area contributed by atoms with Gasteiger partial charge in [-0.15, -0.1) is 0 Å². The van der Waals surface area contributed by atoms with Crippen LogP contribution in [0.2, 0.25) is 0 Å². The second-order valence-corrected chi connectivity index (χ2v) is 10.6. The average molecular weight is 510 g/mol. The first-order chi connectivity index (χ1) is 18.2.